The molecule has 0 spiro atoms. The number of benzene rings is 4. The summed E-state index contributed by atoms with van der Waals surface area (Å²) in [5.74, 6) is -0.216. The number of para-hydroxylation sites is 1. The number of carbonyl (C=O) groups is 2. The second-order valence-corrected chi connectivity index (χ2v) is 12.2. The van der Waals surface area contributed by atoms with E-state index in [-0.39, 0.29) is 16.1 Å². The van der Waals surface area contributed by atoms with Crippen LogP contribution < -0.4 is 14.4 Å². The zero-order chi connectivity index (χ0) is 28.9. The van der Waals surface area contributed by atoms with Gasteiger partial charge < -0.3 is 10.1 Å². The average Bonchev–Trinajstić information content (AvgIpc) is 2.95. The van der Waals surface area contributed by atoms with Gasteiger partial charge in [-0.05, 0) is 59.5 Å². The first kappa shape index (κ1) is 28.6. The number of carbonyl (C=O) groups excluding carboxylic acids is 2. The van der Waals surface area contributed by atoms with Gasteiger partial charge in [-0.1, -0.05) is 75.4 Å². The smallest absolute Gasteiger partial charge is 0.264 e. The standard InChI is InChI=1S/C32H32N2O5S/c1-32(2,3)25-15-13-23(14-16-25)31(36)24-9-8-10-26(21-24)33-30(35)22-34(27-11-6-5-7-12-27)40(37,38)29-19-17-28(39-4)18-20-29/h5-21H,22H2,1-4H3,(H,33,35). The normalized spacial score (nSPS) is 11.5. The van der Waals surface area contributed by atoms with Crippen molar-refractivity contribution in [2.75, 3.05) is 23.3 Å². The summed E-state index contributed by atoms with van der Waals surface area (Å²) in [5, 5.41) is 2.74. The summed E-state index contributed by atoms with van der Waals surface area (Å²) in [4.78, 5) is 26.3. The van der Waals surface area contributed by atoms with Gasteiger partial charge in [0.25, 0.3) is 10.0 Å². The molecule has 0 radical (unpaired) electrons. The van der Waals surface area contributed by atoms with Gasteiger partial charge in [-0.25, -0.2) is 8.42 Å². The summed E-state index contributed by atoms with van der Waals surface area (Å²) < 4.78 is 33.3. The van der Waals surface area contributed by atoms with Crippen molar-refractivity contribution < 1.29 is 22.7 Å². The Labute approximate surface area is 235 Å². The lowest BCUT2D eigenvalue weighted by atomic mass is 9.86. The SMILES string of the molecule is COc1ccc(S(=O)(=O)N(CC(=O)Nc2cccc(C(=O)c3ccc(C(C)(C)C)cc3)c2)c2ccccc2)cc1. The fraction of sp³-hybridized carbons (Fsp3) is 0.188. The van der Waals surface area contributed by atoms with Gasteiger partial charge in [0.1, 0.15) is 12.3 Å². The molecule has 0 fully saturated rings. The molecule has 4 rings (SSSR count). The largest absolute Gasteiger partial charge is 0.497 e. The Morgan fingerprint density at radius 2 is 1.45 bits per heavy atom. The van der Waals surface area contributed by atoms with Crippen molar-refractivity contribution in [2.45, 2.75) is 31.1 Å². The fourth-order valence-corrected chi connectivity index (χ4v) is 5.56. The van der Waals surface area contributed by atoms with Crippen molar-refractivity contribution in [3.63, 3.8) is 0 Å². The van der Waals surface area contributed by atoms with Crippen molar-refractivity contribution in [3.05, 3.63) is 120 Å². The Bertz CT molecular complexity index is 1590. The predicted octanol–water partition coefficient (Wildman–Crippen LogP) is 6.06. The molecule has 0 aliphatic heterocycles. The number of nitrogens with zero attached hydrogens (tertiary/aromatic N) is 1. The molecule has 8 heteroatoms. The maximum Gasteiger partial charge on any atom is 0.264 e. The summed E-state index contributed by atoms with van der Waals surface area (Å²) in [6, 6.07) is 28.5. The zero-order valence-electron chi connectivity index (χ0n) is 22.9. The molecule has 4 aromatic carbocycles. The molecule has 0 aromatic heterocycles. The minimum absolute atomic E-state index is 0.0232. The molecule has 0 unspecified atom stereocenters. The maximum absolute atomic E-state index is 13.6. The second-order valence-electron chi connectivity index (χ2n) is 10.3. The van der Waals surface area contributed by atoms with E-state index in [4.69, 9.17) is 4.74 Å². The van der Waals surface area contributed by atoms with Gasteiger partial charge in [0, 0.05) is 16.8 Å². The number of ketones is 1. The Hall–Kier alpha value is -4.43. The van der Waals surface area contributed by atoms with E-state index in [1.54, 1.807) is 78.9 Å². The molecule has 0 heterocycles. The van der Waals surface area contributed by atoms with Crippen LogP contribution >= 0.6 is 0 Å². The molecule has 1 N–H and O–H groups in total. The summed E-state index contributed by atoms with van der Waals surface area (Å²) in [6.07, 6.45) is 0. The molecule has 0 saturated carbocycles. The Kier molecular flexibility index (Phi) is 8.40. The van der Waals surface area contributed by atoms with Gasteiger partial charge in [0.05, 0.1) is 17.7 Å². The summed E-state index contributed by atoms with van der Waals surface area (Å²) in [6.45, 7) is 5.86. The summed E-state index contributed by atoms with van der Waals surface area (Å²) in [7, 11) is -2.58. The molecule has 0 aliphatic carbocycles. The first-order chi connectivity index (χ1) is 19.0. The van der Waals surface area contributed by atoms with Crippen LogP contribution in [0.3, 0.4) is 0 Å². The zero-order valence-corrected chi connectivity index (χ0v) is 23.7. The van der Waals surface area contributed by atoms with E-state index in [0.717, 1.165) is 9.87 Å². The van der Waals surface area contributed by atoms with Crippen LogP contribution in [-0.4, -0.2) is 33.8 Å². The Balaban J connectivity index is 1.55. The van der Waals surface area contributed by atoms with Crippen molar-refractivity contribution in [3.8, 4) is 5.75 Å². The van der Waals surface area contributed by atoms with Gasteiger partial charge >= 0.3 is 0 Å². The molecule has 40 heavy (non-hydrogen) atoms. The van der Waals surface area contributed by atoms with Crippen molar-refractivity contribution >= 4 is 33.1 Å². The predicted molar refractivity (Wildman–Crippen MR) is 158 cm³/mol. The van der Waals surface area contributed by atoms with E-state index in [0.29, 0.717) is 28.3 Å². The van der Waals surface area contributed by atoms with Gasteiger partial charge in [0.15, 0.2) is 5.78 Å². The van der Waals surface area contributed by atoms with Crippen LogP contribution in [0.2, 0.25) is 0 Å². The molecule has 0 atom stereocenters. The number of methoxy groups -OCH3 is 1. The number of anilines is 2. The van der Waals surface area contributed by atoms with Gasteiger partial charge in [0.2, 0.25) is 5.91 Å². The molecule has 0 bridgehead atoms. The van der Waals surface area contributed by atoms with Crippen LogP contribution in [0.1, 0.15) is 42.3 Å². The number of sulfonamides is 1. The lowest BCUT2D eigenvalue weighted by Crippen LogP contribution is -2.38. The topological polar surface area (TPSA) is 92.8 Å². The van der Waals surface area contributed by atoms with E-state index in [9.17, 15) is 18.0 Å². The highest BCUT2D eigenvalue weighted by Crippen LogP contribution is 2.26. The number of ether oxygens (including phenoxy) is 1. The minimum atomic E-state index is -4.08. The van der Waals surface area contributed by atoms with Gasteiger partial charge in [-0.2, -0.15) is 0 Å². The fourth-order valence-electron chi connectivity index (χ4n) is 4.14. The second kappa shape index (κ2) is 11.8. The number of nitrogens with one attached hydrogen (secondary N) is 1. The van der Waals surface area contributed by atoms with E-state index in [2.05, 4.69) is 26.1 Å². The van der Waals surface area contributed by atoms with E-state index in [1.165, 1.54) is 19.2 Å². The lowest BCUT2D eigenvalue weighted by molar-refractivity contribution is -0.114. The average molecular weight is 557 g/mol. The first-order valence-corrected chi connectivity index (χ1v) is 14.2. The Morgan fingerprint density at radius 3 is 2.05 bits per heavy atom. The van der Waals surface area contributed by atoms with Crippen LogP contribution in [0, 0.1) is 0 Å². The highest BCUT2D eigenvalue weighted by atomic mass is 32.2. The van der Waals surface area contributed by atoms with E-state index < -0.39 is 22.5 Å². The molecule has 206 valence electrons. The molecule has 0 saturated heterocycles. The quantitative estimate of drug-likeness (QED) is 0.253. The number of rotatable bonds is 9. The molecule has 0 aliphatic rings. The number of hydrogen-bond donors (Lipinski definition) is 1. The van der Waals surface area contributed by atoms with E-state index in [1.807, 2.05) is 12.1 Å². The molecule has 7 nitrogen and oxygen atoms in total. The highest BCUT2D eigenvalue weighted by molar-refractivity contribution is 7.92. The first-order valence-electron chi connectivity index (χ1n) is 12.8. The molecular weight excluding hydrogens is 524 g/mol. The molecular formula is C32H32N2O5S. The van der Waals surface area contributed by atoms with Crippen LogP contribution in [0.15, 0.2) is 108 Å². The van der Waals surface area contributed by atoms with Gasteiger partial charge in [-0.15, -0.1) is 0 Å². The summed E-state index contributed by atoms with van der Waals surface area (Å²) >= 11 is 0. The van der Waals surface area contributed by atoms with Crippen molar-refractivity contribution in [1.29, 1.82) is 0 Å². The number of amides is 1. The summed E-state index contributed by atoms with van der Waals surface area (Å²) in [5.41, 5.74) is 2.77. The van der Waals surface area contributed by atoms with Crippen LogP contribution in [0.25, 0.3) is 0 Å². The van der Waals surface area contributed by atoms with E-state index >= 15 is 0 Å². The lowest BCUT2D eigenvalue weighted by Gasteiger charge is -2.24. The maximum atomic E-state index is 13.6. The van der Waals surface area contributed by atoms with Crippen molar-refractivity contribution in [2.24, 2.45) is 0 Å². The molecule has 4 aromatic rings. The van der Waals surface area contributed by atoms with Crippen LogP contribution in [-0.2, 0) is 20.2 Å². The van der Waals surface area contributed by atoms with Crippen LogP contribution in [0.4, 0.5) is 11.4 Å². The Morgan fingerprint density at radius 1 is 0.800 bits per heavy atom. The number of hydrogen-bond acceptors (Lipinski definition) is 5. The monoisotopic (exact) mass is 556 g/mol. The molecule has 1 amide bonds. The van der Waals surface area contributed by atoms with Crippen molar-refractivity contribution in [1.82, 2.24) is 0 Å². The van der Waals surface area contributed by atoms with Crippen LogP contribution in [0.5, 0.6) is 5.75 Å². The third-order valence-electron chi connectivity index (χ3n) is 6.40. The minimum Gasteiger partial charge on any atom is -0.497 e. The highest BCUT2D eigenvalue weighted by Gasteiger charge is 2.27. The third-order valence-corrected chi connectivity index (χ3v) is 8.19. The third kappa shape index (κ3) is 6.58. The van der Waals surface area contributed by atoms with Gasteiger partial charge in [-0.3, -0.25) is 13.9 Å².